The maximum Gasteiger partial charge on any atom is 0.105 e. The summed E-state index contributed by atoms with van der Waals surface area (Å²) in [4.78, 5) is 2.10. The van der Waals surface area contributed by atoms with Crippen molar-refractivity contribution >= 4 is 0 Å². The highest BCUT2D eigenvalue weighted by atomic mass is 16.3. The third-order valence-electron chi connectivity index (χ3n) is 2.10. The summed E-state index contributed by atoms with van der Waals surface area (Å²) in [6.07, 6.45) is 1.71. The van der Waals surface area contributed by atoms with Crippen LogP contribution in [0.4, 0.5) is 0 Å². The molecule has 0 saturated heterocycles. The van der Waals surface area contributed by atoms with Gasteiger partial charge >= 0.3 is 0 Å². The van der Waals surface area contributed by atoms with Crippen molar-refractivity contribution in [2.45, 2.75) is 13.0 Å². The zero-order chi connectivity index (χ0) is 9.14. The Kier molecular flexibility index (Phi) is 2.89. The van der Waals surface area contributed by atoms with Crippen molar-refractivity contribution < 1.29 is 4.42 Å². The summed E-state index contributed by atoms with van der Waals surface area (Å²) < 4.78 is 5.22. The maximum atomic E-state index is 5.65. The van der Waals surface area contributed by atoms with Crippen LogP contribution in [0.1, 0.15) is 17.4 Å². The molecule has 1 atom stereocenters. The molecule has 2 N–H and O–H groups in total. The third kappa shape index (κ3) is 1.68. The molecule has 1 aromatic heterocycles. The lowest BCUT2D eigenvalue weighted by Gasteiger charge is -2.21. The molecule has 0 spiro atoms. The van der Waals surface area contributed by atoms with Crippen molar-refractivity contribution in [2.75, 3.05) is 20.6 Å². The molecule has 0 saturated carbocycles. The van der Waals surface area contributed by atoms with Crippen LogP contribution in [0.3, 0.4) is 0 Å². The minimum absolute atomic E-state index is 0.267. The van der Waals surface area contributed by atoms with Crippen LogP contribution in [0.5, 0.6) is 0 Å². The summed E-state index contributed by atoms with van der Waals surface area (Å²) in [7, 11) is 4.04. The number of aryl methyl sites for hydroxylation is 1. The molecule has 0 aliphatic rings. The quantitative estimate of drug-likeness (QED) is 0.736. The van der Waals surface area contributed by atoms with Gasteiger partial charge in [0.1, 0.15) is 5.76 Å². The number of hydrogen-bond donors (Lipinski definition) is 1. The predicted octanol–water partition coefficient (Wildman–Crippen LogP) is 1.15. The number of nitrogens with two attached hydrogens (primary N) is 1. The number of nitrogens with zero attached hydrogens (tertiary/aromatic N) is 1. The van der Waals surface area contributed by atoms with Crippen LogP contribution in [0.25, 0.3) is 0 Å². The molecule has 3 heteroatoms. The van der Waals surface area contributed by atoms with E-state index >= 15 is 0 Å². The van der Waals surface area contributed by atoms with Crippen LogP contribution in [0.2, 0.25) is 0 Å². The molecule has 68 valence electrons. The van der Waals surface area contributed by atoms with E-state index in [4.69, 9.17) is 10.2 Å². The lowest BCUT2D eigenvalue weighted by Crippen LogP contribution is -2.27. The first-order valence-electron chi connectivity index (χ1n) is 4.07. The molecule has 0 radical (unpaired) electrons. The SMILES string of the molecule is Cc1occc1C(CN)N(C)C. The van der Waals surface area contributed by atoms with Crippen molar-refractivity contribution in [3.8, 4) is 0 Å². The summed E-state index contributed by atoms with van der Waals surface area (Å²) in [6.45, 7) is 2.58. The lowest BCUT2D eigenvalue weighted by molar-refractivity contribution is 0.302. The Morgan fingerprint density at radius 3 is 2.58 bits per heavy atom. The first-order valence-corrected chi connectivity index (χ1v) is 4.07. The summed E-state index contributed by atoms with van der Waals surface area (Å²) in [5, 5.41) is 0. The fraction of sp³-hybridized carbons (Fsp3) is 0.556. The van der Waals surface area contributed by atoms with E-state index in [-0.39, 0.29) is 6.04 Å². The normalized spacial score (nSPS) is 13.8. The standard InChI is InChI=1S/C9H16N2O/c1-7-8(4-5-12-7)9(6-10)11(2)3/h4-5,9H,6,10H2,1-3H3. The summed E-state index contributed by atoms with van der Waals surface area (Å²) in [5.74, 6) is 0.958. The van der Waals surface area contributed by atoms with Crippen molar-refractivity contribution in [1.82, 2.24) is 4.90 Å². The average Bonchev–Trinajstić information content (AvgIpc) is 2.38. The largest absolute Gasteiger partial charge is 0.469 e. The van der Waals surface area contributed by atoms with Crippen LogP contribution in [-0.2, 0) is 0 Å². The topological polar surface area (TPSA) is 42.4 Å². The molecule has 0 fully saturated rings. The van der Waals surface area contributed by atoms with E-state index in [9.17, 15) is 0 Å². The molecule has 1 heterocycles. The Labute approximate surface area is 73.2 Å². The Morgan fingerprint density at radius 1 is 1.58 bits per heavy atom. The minimum atomic E-state index is 0.267. The second-order valence-electron chi connectivity index (χ2n) is 3.15. The van der Waals surface area contributed by atoms with Crippen molar-refractivity contribution in [3.63, 3.8) is 0 Å². The summed E-state index contributed by atoms with van der Waals surface area (Å²) >= 11 is 0. The summed E-state index contributed by atoms with van der Waals surface area (Å²) in [5.41, 5.74) is 6.83. The van der Waals surface area contributed by atoms with Gasteiger partial charge in [0.25, 0.3) is 0 Å². The minimum Gasteiger partial charge on any atom is -0.469 e. The molecule has 1 aromatic rings. The zero-order valence-corrected chi connectivity index (χ0v) is 7.87. The van der Waals surface area contributed by atoms with Gasteiger partial charge in [0, 0.05) is 18.2 Å². The van der Waals surface area contributed by atoms with E-state index in [0.29, 0.717) is 6.54 Å². The van der Waals surface area contributed by atoms with Crippen LogP contribution in [-0.4, -0.2) is 25.5 Å². The Balaban J connectivity index is 2.87. The van der Waals surface area contributed by atoms with E-state index < -0.39 is 0 Å². The van der Waals surface area contributed by atoms with Gasteiger partial charge in [-0.25, -0.2) is 0 Å². The third-order valence-corrected chi connectivity index (χ3v) is 2.10. The molecular formula is C9H16N2O. The smallest absolute Gasteiger partial charge is 0.105 e. The van der Waals surface area contributed by atoms with Gasteiger partial charge < -0.3 is 15.1 Å². The predicted molar refractivity (Wildman–Crippen MR) is 48.9 cm³/mol. The molecular weight excluding hydrogens is 152 g/mol. The van der Waals surface area contributed by atoms with Crippen LogP contribution >= 0.6 is 0 Å². The molecule has 12 heavy (non-hydrogen) atoms. The van der Waals surface area contributed by atoms with Crippen molar-refractivity contribution in [2.24, 2.45) is 5.73 Å². The highest BCUT2D eigenvalue weighted by Gasteiger charge is 2.15. The van der Waals surface area contributed by atoms with Gasteiger partial charge in [0.05, 0.1) is 6.26 Å². The van der Waals surface area contributed by atoms with Gasteiger partial charge in [-0.05, 0) is 27.1 Å². The Morgan fingerprint density at radius 2 is 2.25 bits per heavy atom. The molecule has 0 amide bonds. The molecule has 1 unspecified atom stereocenters. The Bertz CT molecular complexity index is 242. The van der Waals surface area contributed by atoms with Gasteiger partial charge in [-0.15, -0.1) is 0 Å². The molecule has 3 nitrogen and oxygen atoms in total. The van der Waals surface area contributed by atoms with Gasteiger partial charge in [-0.3, -0.25) is 0 Å². The maximum absolute atomic E-state index is 5.65. The molecule has 0 aromatic carbocycles. The van der Waals surface area contributed by atoms with Crippen molar-refractivity contribution in [1.29, 1.82) is 0 Å². The van der Waals surface area contributed by atoms with Gasteiger partial charge in [0.15, 0.2) is 0 Å². The van der Waals surface area contributed by atoms with E-state index in [0.717, 1.165) is 5.76 Å². The number of rotatable bonds is 3. The second kappa shape index (κ2) is 3.74. The fourth-order valence-corrected chi connectivity index (χ4v) is 1.36. The van der Waals surface area contributed by atoms with E-state index in [2.05, 4.69) is 4.90 Å². The number of hydrogen-bond acceptors (Lipinski definition) is 3. The lowest BCUT2D eigenvalue weighted by atomic mass is 10.1. The van der Waals surface area contributed by atoms with E-state index in [1.54, 1.807) is 6.26 Å². The Hall–Kier alpha value is -0.800. The number of likely N-dealkylation sites (N-methyl/N-ethyl adjacent to an activating group) is 1. The molecule has 0 bridgehead atoms. The highest BCUT2D eigenvalue weighted by molar-refractivity contribution is 5.20. The molecule has 0 aliphatic carbocycles. The van der Waals surface area contributed by atoms with Crippen molar-refractivity contribution in [3.05, 3.63) is 23.7 Å². The van der Waals surface area contributed by atoms with Crippen LogP contribution in [0, 0.1) is 6.92 Å². The van der Waals surface area contributed by atoms with Crippen LogP contribution < -0.4 is 5.73 Å². The molecule has 1 rings (SSSR count). The first kappa shape index (κ1) is 9.29. The van der Waals surface area contributed by atoms with Gasteiger partial charge in [-0.2, -0.15) is 0 Å². The average molecular weight is 168 g/mol. The highest BCUT2D eigenvalue weighted by Crippen LogP contribution is 2.21. The molecule has 0 aliphatic heterocycles. The van der Waals surface area contributed by atoms with Crippen LogP contribution in [0.15, 0.2) is 16.7 Å². The monoisotopic (exact) mass is 168 g/mol. The van der Waals surface area contributed by atoms with Gasteiger partial charge in [0.2, 0.25) is 0 Å². The van der Waals surface area contributed by atoms with E-state index in [1.165, 1.54) is 5.56 Å². The number of furan rings is 1. The first-order chi connectivity index (χ1) is 5.66. The second-order valence-corrected chi connectivity index (χ2v) is 3.15. The van der Waals surface area contributed by atoms with Gasteiger partial charge in [-0.1, -0.05) is 0 Å². The van der Waals surface area contributed by atoms with E-state index in [1.807, 2.05) is 27.1 Å². The summed E-state index contributed by atoms with van der Waals surface area (Å²) in [6, 6.07) is 2.25. The fourth-order valence-electron chi connectivity index (χ4n) is 1.36. The zero-order valence-electron chi connectivity index (χ0n) is 7.87.